The molecule has 1 saturated heterocycles. The van der Waals surface area contributed by atoms with Crippen molar-refractivity contribution >= 4 is 37.9 Å². The molecule has 4 rings (SSSR count). The van der Waals surface area contributed by atoms with Gasteiger partial charge in [0, 0.05) is 29.1 Å². The molecule has 3 aromatic rings. The van der Waals surface area contributed by atoms with Crippen LogP contribution in [-0.2, 0) is 9.84 Å². The van der Waals surface area contributed by atoms with E-state index in [1.807, 2.05) is 0 Å². The summed E-state index contributed by atoms with van der Waals surface area (Å²) in [6.45, 7) is 5.51. The van der Waals surface area contributed by atoms with Crippen molar-refractivity contribution in [1.82, 2.24) is 4.98 Å². The molecule has 2 heterocycles. The van der Waals surface area contributed by atoms with Crippen molar-refractivity contribution in [1.29, 1.82) is 0 Å². The summed E-state index contributed by atoms with van der Waals surface area (Å²) in [7, 11) is -2.06. The number of hydrogen-bond acceptors (Lipinski definition) is 6. The first-order valence-electron chi connectivity index (χ1n) is 10.2. The van der Waals surface area contributed by atoms with Crippen LogP contribution in [0, 0.1) is 13.8 Å². The lowest BCUT2D eigenvalue weighted by Crippen LogP contribution is -2.39. The second-order valence-corrected chi connectivity index (χ2v) is 11.3. The summed E-state index contributed by atoms with van der Waals surface area (Å²) in [5.74, 6) is 0.338. The van der Waals surface area contributed by atoms with Crippen LogP contribution in [0.1, 0.15) is 24.0 Å². The topological polar surface area (TPSA) is 59.5 Å². The molecule has 0 N–H and O–H groups in total. The Hall–Kier alpha value is -2.09. The molecule has 5 nitrogen and oxygen atoms in total. The minimum absolute atomic E-state index is 0.174. The van der Waals surface area contributed by atoms with Crippen LogP contribution in [0.3, 0.4) is 0 Å². The smallest absolute Gasteiger partial charge is 0.185 e. The molecule has 0 aliphatic carbocycles. The Morgan fingerprint density at radius 1 is 1.16 bits per heavy atom. The average Bonchev–Trinajstić information content (AvgIpc) is 3.26. The second-order valence-electron chi connectivity index (χ2n) is 7.79. The predicted octanol–water partition coefficient (Wildman–Crippen LogP) is 5.53. The van der Waals surface area contributed by atoms with Gasteiger partial charge in [0.15, 0.2) is 15.0 Å². The fourth-order valence-corrected chi connectivity index (χ4v) is 7.00. The standard InChI is InChI=1S/C23H25ClN2O3S2/c1-15-5-4-6-19(16(15)2)20-14-30-23(25-20)26-11-9-18(10-12-26)31(27,28)22-13-17(24)7-8-21(22)29-3/h4-8,13-14,18H,9-12H2,1-3H3. The van der Waals surface area contributed by atoms with E-state index < -0.39 is 15.1 Å². The van der Waals surface area contributed by atoms with Crippen LogP contribution in [0.2, 0.25) is 5.02 Å². The van der Waals surface area contributed by atoms with E-state index >= 15 is 0 Å². The fraction of sp³-hybridized carbons (Fsp3) is 0.348. The maximum atomic E-state index is 13.3. The highest BCUT2D eigenvalue weighted by Gasteiger charge is 2.34. The molecule has 31 heavy (non-hydrogen) atoms. The Morgan fingerprint density at radius 2 is 1.90 bits per heavy atom. The number of methoxy groups -OCH3 is 1. The van der Waals surface area contributed by atoms with Gasteiger partial charge in [-0.1, -0.05) is 29.8 Å². The summed E-state index contributed by atoms with van der Waals surface area (Å²) in [5, 5.41) is 2.94. The molecule has 0 spiro atoms. The molecule has 1 fully saturated rings. The summed E-state index contributed by atoms with van der Waals surface area (Å²) in [6, 6.07) is 11.0. The van der Waals surface area contributed by atoms with Gasteiger partial charge in [0.05, 0.1) is 18.1 Å². The Morgan fingerprint density at radius 3 is 2.61 bits per heavy atom. The zero-order chi connectivity index (χ0) is 22.2. The molecule has 2 aromatic carbocycles. The van der Waals surface area contributed by atoms with E-state index in [9.17, 15) is 8.42 Å². The lowest BCUT2D eigenvalue weighted by Gasteiger charge is -2.31. The van der Waals surface area contributed by atoms with Crippen LogP contribution >= 0.6 is 22.9 Å². The molecule has 0 saturated carbocycles. The van der Waals surface area contributed by atoms with Gasteiger partial charge in [-0.2, -0.15) is 0 Å². The normalized spacial score (nSPS) is 15.3. The highest BCUT2D eigenvalue weighted by atomic mass is 35.5. The molecule has 1 aliphatic heterocycles. The van der Waals surface area contributed by atoms with Gasteiger partial charge in [-0.15, -0.1) is 11.3 Å². The Kier molecular flexibility index (Phi) is 6.28. The van der Waals surface area contributed by atoms with E-state index in [1.165, 1.54) is 24.3 Å². The van der Waals surface area contributed by atoms with Crippen molar-refractivity contribution in [2.24, 2.45) is 0 Å². The number of halogens is 1. The maximum absolute atomic E-state index is 13.3. The minimum Gasteiger partial charge on any atom is -0.495 e. The third kappa shape index (κ3) is 4.31. The maximum Gasteiger partial charge on any atom is 0.185 e. The lowest BCUT2D eigenvalue weighted by molar-refractivity contribution is 0.402. The summed E-state index contributed by atoms with van der Waals surface area (Å²) < 4.78 is 31.8. The van der Waals surface area contributed by atoms with Crippen LogP contribution in [0.5, 0.6) is 5.75 Å². The SMILES string of the molecule is COc1ccc(Cl)cc1S(=O)(=O)C1CCN(c2nc(-c3cccc(C)c3C)cs2)CC1. The van der Waals surface area contributed by atoms with Gasteiger partial charge in [0.2, 0.25) is 0 Å². The molecular formula is C23H25ClN2O3S2. The number of hydrogen-bond donors (Lipinski definition) is 0. The molecule has 8 heteroatoms. The van der Waals surface area contributed by atoms with Crippen molar-refractivity contribution in [3.63, 3.8) is 0 Å². The van der Waals surface area contributed by atoms with Crippen molar-refractivity contribution < 1.29 is 13.2 Å². The predicted molar refractivity (Wildman–Crippen MR) is 127 cm³/mol. The summed E-state index contributed by atoms with van der Waals surface area (Å²) >= 11 is 7.67. The number of sulfone groups is 1. The van der Waals surface area contributed by atoms with Gasteiger partial charge < -0.3 is 9.64 Å². The van der Waals surface area contributed by atoms with Crippen molar-refractivity contribution in [3.05, 3.63) is 57.9 Å². The number of aromatic nitrogens is 1. The Balaban J connectivity index is 1.50. The number of anilines is 1. The molecule has 0 unspecified atom stereocenters. The van der Waals surface area contributed by atoms with Gasteiger partial charge in [-0.05, 0) is 56.0 Å². The van der Waals surface area contributed by atoms with Crippen LogP contribution in [0.4, 0.5) is 5.13 Å². The number of piperidine rings is 1. The number of thiazole rings is 1. The average molecular weight is 477 g/mol. The first kappa shape index (κ1) is 22.1. The van der Waals surface area contributed by atoms with Crippen molar-refractivity contribution in [3.8, 4) is 17.0 Å². The first-order chi connectivity index (χ1) is 14.8. The number of nitrogens with zero attached hydrogens (tertiary/aromatic N) is 2. The van der Waals surface area contributed by atoms with E-state index in [1.54, 1.807) is 23.5 Å². The van der Waals surface area contributed by atoms with Crippen LogP contribution in [-0.4, -0.2) is 38.9 Å². The zero-order valence-electron chi connectivity index (χ0n) is 17.8. The third-order valence-electron chi connectivity index (χ3n) is 5.96. The molecular weight excluding hydrogens is 452 g/mol. The molecule has 0 amide bonds. The van der Waals surface area contributed by atoms with E-state index in [0.717, 1.165) is 16.4 Å². The Bertz CT molecular complexity index is 1200. The summed E-state index contributed by atoms with van der Waals surface area (Å²) in [5.41, 5.74) is 4.60. The molecule has 1 aliphatic rings. The number of ether oxygens (including phenoxy) is 1. The van der Waals surface area contributed by atoms with Crippen molar-refractivity contribution in [2.45, 2.75) is 36.8 Å². The number of aryl methyl sites for hydroxylation is 1. The second kappa shape index (κ2) is 8.81. The fourth-order valence-electron chi connectivity index (χ4n) is 3.97. The lowest BCUT2D eigenvalue weighted by atomic mass is 10.0. The van der Waals surface area contributed by atoms with Crippen LogP contribution in [0.25, 0.3) is 11.3 Å². The number of benzene rings is 2. The quantitative estimate of drug-likeness (QED) is 0.484. The molecule has 164 valence electrons. The van der Waals surface area contributed by atoms with Gasteiger partial charge in [0.1, 0.15) is 10.6 Å². The van der Waals surface area contributed by atoms with Crippen LogP contribution in [0.15, 0.2) is 46.7 Å². The summed E-state index contributed by atoms with van der Waals surface area (Å²) in [4.78, 5) is 7.20. The van der Waals surface area contributed by atoms with Gasteiger partial charge >= 0.3 is 0 Å². The van der Waals surface area contributed by atoms with Gasteiger partial charge in [-0.25, -0.2) is 13.4 Å². The molecule has 1 aromatic heterocycles. The van der Waals surface area contributed by atoms with E-state index in [0.29, 0.717) is 36.7 Å². The van der Waals surface area contributed by atoms with E-state index in [2.05, 4.69) is 42.3 Å². The van der Waals surface area contributed by atoms with Crippen LogP contribution < -0.4 is 9.64 Å². The summed E-state index contributed by atoms with van der Waals surface area (Å²) in [6.07, 6.45) is 1.08. The first-order valence-corrected chi connectivity index (χ1v) is 13.0. The number of rotatable bonds is 5. The van der Waals surface area contributed by atoms with Crippen molar-refractivity contribution in [2.75, 3.05) is 25.1 Å². The monoisotopic (exact) mass is 476 g/mol. The third-order valence-corrected chi connectivity index (χ3v) is 9.37. The van der Waals surface area contributed by atoms with E-state index in [-0.39, 0.29) is 4.90 Å². The zero-order valence-corrected chi connectivity index (χ0v) is 20.1. The van der Waals surface area contributed by atoms with E-state index in [4.69, 9.17) is 21.3 Å². The van der Waals surface area contributed by atoms with Gasteiger partial charge in [-0.3, -0.25) is 0 Å². The minimum atomic E-state index is -3.53. The molecule has 0 bridgehead atoms. The largest absolute Gasteiger partial charge is 0.495 e. The highest BCUT2D eigenvalue weighted by Crippen LogP contribution is 2.35. The highest BCUT2D eigenvalue weighted by molar-refractivity contribution is 7.92. The molecule has 0 radical (unpaired) electrons. The van der Waals surface area contributed by atoms with Gasteiger partial charge in [0.25, 0.3) is 0 Å². The molecule has 0 atom stereocenters. The Labute approximate surface area is 192 Å².